The molecule has 1 fully saturated rings. The van der Waals surface area contributed by atoms with Gasteiger partial charge >= 0.3 is 11.9 Å². The van der Waals surface area contributed by atoms with E-state index in [1.54, 1.807) is 49.5 Å². The van der Waals surface area contributed by atoms with Gasteiger partial charge in [-0.05, 0) is 37.1 Å². The van der Waals surface area contributed by atoms with E-state index < -0.39 is 23.7 Å². The number of amides is 1. The van der Waals surface area contributed by atoms with Gasteiger partial charge in [-0.3, -0.25) is 19.5 Å². The topological polar surface area (TPSA) is 119 Å². The van der Waals surface area contributed by atoms with Crippen LogP contribution in [0.1, 0.15) is 52.3 Å². The minimum atomic E-state index is -1.00. The second-order valence-electron chi connectivity index (χ2n) is 8.09. The van der Waals surface area contributed by atoms with E-state index in [1.165, 1.54) is 18.2 Å². The number of unbranched alkanes of at least 4 members (excludes halogenated alkanes) is 1. The number of thiazole rings is 1. The number of pyridine rings is 1. The quantitative estimate of drug-likeness (QED) is 0.156. The Morgan fingerprint density at radius 1 is 1.22 bits per heavy atom. The van der Waals surface area contributed by atoms with Crippen LogP contribution in [0.3, 0.4) is 0 Å². The Hall–Kier alpha value is -4.05. The van der Waals surface area contributed by atoms with Crippen LogP contribution in [0.25, 0.3) is 5.76 Å². The Labute approximate surface area is 212 Å². The highest BCUT2D eigenvalue weighted by Crippen LogP contribution is 2.43. The molecule has 1 N–H and O–H groups in total. The molecular formula is C26H25N3O6S. The fourth-order valence-electron chi connectivity index (χ4n) is 3.87. The number of aliphatic hydroxyl groups excluding tert-OH is 1. The lowest BCUT2D eigenvalue weighted by atomic mass is 9.96. The Morgan fingerprint density at radius 2 is 2.03 bits per heavy atom. The maximum absolute atomic E-state index is 13.3. The van der Waals surface area contributed by atoms with Crippen molar-refractivity contribution in [1.82, 2.24) is 9.97 Å². The highest BCUT2D eigenvalue weighted by atomic mass is 32.1. The molecule has 186 valence electrons. The molecule has 3 heterocycles. The van der Waals surface area contributed by atoms with Crippen molar-refractivity contribution >= 4 is 39.9 Å². The zero-order valence-electron chi connectivity index (χ0n) is 20.1. The number of methoxy groups -OCH3 is 1. The summed E-state index contributed by atoms with van der Waals surface area (Å²) in [6.07, 6.45) is 4.93. The molecule has 10 heteroatoms. The number of esters is 1. The number of aromatic nitrogens is 2. The monoisotopic (exact) mass is 507 g/mol. The molecule has 0 aliphatic carbocycles. The van der Waals surface area contributed by atoms with Crippen LogP contribution in [-0.4, -0.2) is 46.5 Å². The first-order chi connectivity index (χ1) is 17.4. The van der Waals surface area contributed by atoms with Crippen LogP contribution in [0, 0.1) is 6.92 Å². The van der Waals surface area contributed by atoms with E-state index in [-0.39, 0.29) is 21.3 Å². The van der Waals surface area contributed by atoms with Crippen molar-refractivity contribution in [3.63, 3.8) is 0 Å². The Morgan fingerprint density at radius 3 is 2.72 bits per heavy atom. The van der Waals surface area contributed by atoms with Crippen LogP contribution >= 0.6 is 11.3 Å². The van der Waals surface area contributed by atoms with Crippen molar-refractivity contribution in [1.29, 1.82) is 0 Å². The summed E-state index contributed by atoms with van der Waals surface area (Å²) in [6.45, 7) is 4.19. The van der Waals surface area contributed by atoms with Crippen LogP contribution in [0.5, 0.6) is 5.75 Å². The smallest absolute Gasteiger partial charge is 0.350 e. The summed E-state index contributed by atoms with van der Waals surface area (Å²) in [5.74, 6) is -2.13. The van der Waals surface area contributed by atoms with Gasteiger partial charge in [-0.2, -0.15) is 0 Å². The number of nitrogens with zero attached hydrogens (tertiary/aromatic N) is 3. The van der Waals surface area contributed by atoms with E-state index in [0.717, 1.165) is 24.2 Å². The lowest BCUT2D eigenvalue weighted by Gasteiger charge is -2.22. The van der Waals surface area contributed by atoms with Crippen LogP contribution < -0.4 is 9.64 Å². The lowest BCUT2D eigenvalue weighted by Crippen LogP contribution is -2.29. The Kier molecular flexibility index (Phi) is 7.44. The summed E-state index contributed by atoms with van der Waals surface area (Å²) in [5.41, 5.74) is 1.10. The number of hydrogen-bond donors (Lipinski definition) is 1. The van der Waals surface area contributed by atoms with E-state index in [2.05, 4.69) is 16.9 Å². The van der Waals surface area contributed by atoms with E-state index in [9.17, 15) is 19.5 Å². The van der Waals surface area contributed by atoms with Crippen molar-refractivity contribution in [3.05, 3.63) is 76.1 Å². The number of benzene rings is 1. The molecule has 4 rings (SSSR count). The molecule has 3 aromatic rings. The number of ether oxygens (including phenoxy) is 2. The highest BCUT2D eigenvalue weighted by Gasteiger charge is 2.48. The molecule has 0 saturated carbocycles. The number of aliphatic hydroxyl groups is 1. The molecule has 1 amide bonds. The number of anilines is 1. The number of ketones is 1. The number of hydrogen-bond acceptors (Lipinski definition) is 9. The van der Waals surface area contributed by atoms with Crippen molar-refractivity contribution in [2.75, 3.05) is 18.6 Å². The molecule has 2 aromatic heterocycles. The zero-order valence-corrected chi connectivity index (χ0v) is 20.9. The maximum atomic E-state index is 13.3. The first-order valence-electron chi connectivity index (χ1n) is 11.4. The van der Waals surface area contributed by atoms with Gasteiger partial charge < -0.3 is 14.6 Å². The van der Waals surface area contributed by atoms with Crippen molar-refractivity contribution in [2.45, 2.75) is 32.7 Å². The second kappa shape index (κ2) is 10.7. The fourth-order valence-corrected chi connectivity index (χ4v) is 4.89. The molecular weight excluding hydrogens is 482 g/mol. The third-order valence-electron chi connectivity index (χ3n) is 5.68. The molecule has 1 aliphatic rings. The summed E-state index contributed by atoms with van der Waals surface area (Å²) in [4.78, 5) is 48.6. The van der Waals surface area contributed by atoms with E-state index in [1.807, 2.05) is 0 Å². The summed E-state index contributed by atoms with van der Waals surface area (Å²) in [5, 5.41) is 11.4. The van der Waals surface area contributed by atoms with Crippen LogP contribution in [-0.2, 0) is 14.3 Å². The van der Waals surface area contributed by atoms with Gasteiger partial charge in [-0.15, -0.1) is 0 Å². The molecule has 1 aliphatic heterocycles. The van der Waals surface area contributed by atoms with Gasteiger partial charge in [-0.1, -0.05) is 42.9 Å². The normalized spacial score (nSPS) is 16.9. The minimum absolute atomic E-state index is 0.105. The number of aryl methyl sites for hydroxylation is 1. The number of carbonyl (C=O) groups excluding carboxylic acids is 3. The third-order valence-corrected chi connectivity index (χ3v) is 6.82. The van der Waals surface area contributed by atoms with E-state index in [4.69, 9.17) is 9.47 Å². The van der Waals surface area contributed by atoms with E-state index in [0.29, 0.717) is 29.2 Å². The molecule has 0 spiro atoms. The summed E-state index contributed by atoms with van der Waals surface area (Å²) in [7, 11) is 1.25. The zero-order chi connectivity index (χ0) is 25.8. The predicted molar refractivity (Wildman–Crippen MR) is 134 cm³/mol. The second-order valence-corrected chi connectivity index (χ2v) is 9.07. The van der Waals surface area contributed by atoms with Crippen LogP contribution in [0.15, 0.2) is 54.4 Å². The van der Waals surface area contributed by atoms with Crippen LogP contribution in [0.4, 0.5) is 5.13 Å². The largest absolute Gasteiger partial charge is 0.507 e. The molecule has 1 unspecified atom stereocenters. The van der Waals surface area contributed by atoms with Gasteiger partial charge in [0.2, 0.25) is 0 Å². The molecule has 9 nitrogen and oxygen atoms in total. The first-order valence-corrected chi connectivity index (χ1v) is 12.2. The van der Waals surface area contributed by atoms with Gasteiger partial charge in [0.15, 0.2) is 5.13 Å². The summed E-state index contributed by atoms with van der Waals surface area (Å²) >= 11 is 0.939. The first kappa shape index (κ1) is 25.1. The van der Waals surface area contributed by atoms with E-state index >= 15 is 0 Å². The molecule has 0 radical (unpaired) electrons. The van der Waals surface area contributed by atoms with Crippen molar-refractivity contribution in [2.24, 2.45) is 0 Å². The Bertz CT molecular complexity index is 1330. The van der Waals surface area contributed by atoms with Gasteiger partial charge in [0.25, 0.3) is 5.78 Å². The minimum Gasteiger partial charge on any atom is -0.507 e. The van der Waals surface area contributed by atoms with Crippen molar-refractivity contribution < 1.29 is 29.0 Å². The van der Waals surface area contributed by atoms with Crippen LogP contribution in [0.2, 0.25) is 0 Å². The standard InChI is InChI=1S/C26H25N3O6S/c1-4-5-12-35-18-10-6-8-16(13-18)21(30)19-20(17-9-7-11-27-14-17)29(24(32)22(19)31)26-28-15(2)23(36-26)25(33)34-3/h6-11,13-14,20,30H,4-5,12H2,1-3H3/b21-19+. The van der Waals surface area contributed by atoms with Gasteiger partial charge in [-0.25, -0.2) is 9.78 Å². The highest BCUT2D eigenvalue weighted by molar-refractivity contribution is 7.17. The molecule has 1 atom stereocenters. The van der Waals surface area contributed by atoms with Gasteiger partial charge in [0, 0.05) is 18.0 Å². The summed E-state index contributed by atoms with van der Waals surface area (Å²) < 4.78 is 10.5. The predicted octanol–water partition coefficient (Wildman–Crippen LogP) is 4.44. The van der Waals surface area contributed by atoms with Gasteiger partial charge in [0.05, 0.1) is 31.0 Å². The lowest BCUT2D eigenvalue weighted by molar-refractivity contribution is -0.132. The van der Waals surface area contributed by atoms with Gasteiger partial charge in [0.1, 0.15) is 16.4 Å². The number of rotatable bonds is 8. The summed E-state index contributed by atoms with van der Waals surface area (Å²) in [6, 6.07) is 9.11. The average molecular weight is 508 g/mol. The molecule has 1 aromatic carbocycles. The van der Waals surface area contributed by atoms with Crippen molar-refractivity contribution in [3.8, 4) is 5.75 Å². The maximum Gasteiger partial charge on any atom is 0.350 e. The number of carbonyl (C=O) groups is 3. The molecule has 36 heavy (non-hydrogen) atoms. The average Bonchev–Trinajstić information content (AvgIpc) is 3.40. The SMILES string of the molecule is CCCCOc1cccc(/C(O)=C2\C(=O)C(=O)N(c3nc(C)c(C(=O)OC)s3)C2c2cccnc2)c1. The molecule has 0 bridgehead atoms. The third kappa shape index (κ3) is 4.72. The fraction of sp³-hybridized carbons (Fsp3) is 0.269. The molecule has 1 saturated heterocycles. The number of Topliss-reactive ketones (excluding diaryl/α,β-unsaturated/α-hetero) is 1. The Balaban J connectivity index is 1.84.